The Morgan fingerprint density at radius 1 is 1.26 bits per heavy atom. The lowest BCUT2D eigenvalue weighted by molar-refractivity contribution is 0.0953. The molecule has 0 radical (unpaired) electrons. The largest absolute Gasteiger partial charge is 0.396 e. The lowest BCUT2D eigenvalue weighted by Gasteiger charge is -2.35. The number of aryl methyl sites for hydroxylation is 2. The number of nitrogens with zero attached hydrogens (tertiary/aromatic N) is 3. The monoisotopic (exact) mass is 479 g/mol. The standard InChI is InChI=1S/C28H41N5O2/c1-7-10-24(9-3)33(27-21(5)12-14-25(32-27)28(35)30-16-8-2)22(6)31-26-18-23(15-17-29-26)13-11-20(4)19-34/h8,12,14-15,17-18,20,24,34H,2,6-7,9-11,13,16,19H2,1,3-5H3,(H,29,31)(H,30,35). The first-order valence-corrected chi connectivity index (χ1v) is 12.5. The number of anilines is 2. The molecule has 0 fully saturated rings. The third kappa shape index (κ3) is 8.21. The second-order valence-electron chi connectivity index (χ2n) is 9.00. The van der Waals surface area contributed by atoms with Crippen molar-refractivity contribution in [3.8, 4) is 0 Å². The van der Waals surface area contributed by atoms with Crippen LogP contribution >= 0.6 is 0 Å². The molecule has 7 heteroatoms. The zero-order chi connectivity index (χ0) is 25.8. The molecule has 0 saturated heterocycles. The second-order valence-corrected chi connectivity index (χ2v) is 9.00. The number of nitrogens with one attached hydrogen (secondary N) is 2. The van der Waals surface area contributed by atoms with Gasteiger partial charge in [-0.25, -0.2) is 9.97 Å². The smallest absolute Gasteiger partial charge is 0.270 e. The molecule has 2 atom stereocenters. The summed E-state index contributed by atoms with van der Waals surface area (Å²) in [4.78, 5) is 23.9. The van der Waals surface area contributed by atoms with E-state index in [-0.39, 0.29) is 24.5 Å². The Labute approximate surface area is 210 Å². The fourth-order valence-electron chi connectivity index (χ4n) is 3.92. The van der Waals surface area contributed by atoms with E-state index >= 15 is 0 Å². The number of aliphatic hydroxyl groups excluding tert-OH is 1. The fourth-order valence-corrected chi connectivity index (χ4v) is 3.92. The van der Waals surface area contributed by atoms with E-state index < -0.39 is 0 Å². The normalized spacial score (nSPS) is 12.5. The van der Waals surface area contributed by atoms with Crippen LogP contribution in [0.3, 0.4) is 0 Å². The number of pyridine rings is 2. The molecule has 0 spiro atoms. The third-order valence-corrected chi connectivity index (χ3v) is 6.02. The zero-order valence-corrected chi connectivity index (χ0v) is 21.7. The van der Waals surface area contributed by atoms with E-state index in [0.29, 0.717) is 29.7 Å². The highest BCUT2D eigenvalue weighted by atomic mass is 16.3. The van der Waals surface area contributed by atoms with E-state index in [1.165, 1.54) is 0 Å². The van der Waals surface area contributed by atoms with Crippen molar-refractivity contribution in [3.05, 3.63) is 72.3 Å². The highest BCUT2D eigenvalue weighted by molar-refractivity contribution is 5.93. The average molecular weight is 480 g/mol. The molecule has 0 bridgehead atoms. The highest BCUT2D eigenvalue weighted by Crippen LogP contribution is 2.28. The average Bonchev–Trinajstić information content (AvgIpc) is 2.86. The van der Waals surface area contributed by atoms with Crippen LogP contribution < -0.4 is 15.5 Å². The molecule has 1 amide bonds. The summed E-state index contributed by atoms with van der Waals surface area (Å²) in [6, 6.07) is 7.84. The van der Waals surface area contributed by atoms with Gasteiger partial charge in [-0.1, -0.05) is 45.9 Å². The summed E-state index contributed by atoms with van der Waals surface area (Å²) in [7, 11) is 0. The summed E-state index contributed by atoms with van der Waals surface area (Å²) in [6.07, 6.45) is 8.07. The van der Waals surface area contributed by atoms with Crippen molar-refractivity contribution in [1.82, 2.24) is 15.3 Å². The predicted molar refractivity (Wildman–Crippen MR) is 145 cm³/mol. The second kappa shape index (κ2) is 14.3. The van der Waals surface area contributed by atoms with Crippen LogP contribution in [0.25, 0.3) is 0 Å². The van der Waals surface area contributed by atoms with E-state index in [1.54, 1.807) is 18.3 Å². The quantitative estimate of drug-likeness (QED) is 0.303. The van der Waals surface area contributed by atoms with Crippen molar-refractivity contribution >= 4 is 17.5 Å². The number of carbonyl (C=O) groups excluding carboxylic acids is 1. The lowest BCUT2D eigenvalue weighted by Crippen LogP contribution is -2.38. The first kappa shape index (κ1) is 28.1. The zero-order valence-electron chi connectivity index (χ0n) is 21.7. The molecule has 2 aromatic heterocycles. The number of hydrogen-bond acceptors (Lipinski definition) is 6. The molecule has 0 aliphatic carbocycles. The Kier molecular flexibility index (Phi) is 11.4. The van der Waals surface area contributed by atoms with Crippen LogP contribution in [-0.2, 0) is 6.42 Å². The number of aromatic nitrogens is 2. The van der Waals surface area contributed by atoms with Crippen molar-refractivity contribution in [2.45, 2.75) is 65.8 Å². The number of carbonyl (C=O) groups is 1. The van der Waals surface area contributed by atoms with Crippen molar-refractivity contribution in [3.63, 3.8) is 0 Å². The van der Waals surface area contributed by atoms with E-state index in [1.807, 2.05) is 32.0 Å². The van der Waals surface area contributed by atoms with Gasteiger partial charge in [0.25, 0.3) is 5.91 Å². The van der Waals surface area contributed by atoms with E-state index in [2.05, 4.69) is 47.5 Å². The van der Waals surface area contributed by atoms with Gasteiger partial charge >= 0.3 is 0 Å². The Balaban J connectivity index is 2.36. The van der Waals surface area contributed by atoms with Gasteiger partial charge < -0.3 is 20.6 Å². The molecule has 2 heterocycles. The summed E-state index contributed by atoms with van der Waals surface area (Å²) >= 11 is 0. The molecule has 0 aromatic carbocycles. The van der Waals surface area contributed by atoms with Crippen LogP contribution in [0.5, 0.6) is 0 Å². The first-order chi connectivity index (χ1) is 16.8. The van der Waals surface area contributed by atoms with Crippen LogP contribution in [0.2, 0.25) is 0 Å². The van der Waals surface area contributed by atoms with Gasteiger partial charge in [0.1, 0.15) is 23.2 Å². The van der Waals surface area contributed by atoms with E-state index in [0.717, 1.165) is 43.2 Å². The molecule has 2 unspecified atom stereocenters. The van der Waals surface area contributed by atoms with Crippen LogP contribution in [0.1, 0.15) is 68.1 Å². The van der Waals surface area contributed by atoms with Gasteiger partial charge in [0.2, 0.25) is 0 Å². The van der Waals surface area contributed by atoms with Crippen LogP contribution in [0.4, 0.5) is 11.6 Å². The molecule has 3 N–H and O–H groups in total. The maximum atomic E-state index is 12.6. The number of rotatable bonds is 15. The number of hydrogen-bond donors (Lipinski definition) is 3. The number of amides is 1. The van der Waals surface area contributed by atoms with Gasteiger partial charge in [-0.3, -0.25) is 4.79 Å². The summed E-state index contributed by atoms with van der Waals surface area (Å²) in [5.41, 5.74) is 2.47. The fraction of sp³-hybridized carbons (Fsp3) is 0.464. The van der Waals surface area contributed by atoms with E-state index in [4.69, 9.17) is 4.98 Å². The molecule has 0 aliphatic rings. The highest BCUT2D eigenvalue weighted by Gasteiger charge is 2.24. The summed E-state index contributed by atoms with van der Waals surface area (Å²) < 4.78 is 0. The van der Waals surface area contributed by atoms with Gasteiger partial charge in [0, 0.05) is 25.4 Å². The summed E-state index contributed by atoms with van der Waals surface area (Å²) in [6.45, 7) is 16.9. The third-order valence-electron chi connectivity index (χ3n) is 6.02. The van der Waals surface area contributed by atoms with Crippen LogP contribution in [-0.4, -0.2) is 40.2 Å². The van der Waals surface area contributed by atoms with Crippen molar-refractivity contribution in [2.24, 2.45) is 5.92 Å². The molecule has 2 rings (SSSR count). The van der Waals surface area contributed by atoms with Crippen molar-refractivity contribution in [1.29, 1.82) is 0 Å². The minimum absolute atomic E-state index is 0.159. The minimum Gasteiger partial charge on any atom is -0.396 e. The molecular formula is C28H41N5O2. The van der Waals surface area contributed by atoms with Gasteiger partial charge in [0.15, 0.2) is 0 Å². The number of aliphatic hydroxyl groups is 1. The van der Waals surface area contributed by atoms with Gasteiger partial charge in [-0.05, 0) is 67.9 Å². The topological polar surface area (TPSA) is 90.4 Å². The molecule has 35 heavy (non-hydrogen) atoms. The van der Waals surface area contributed by atoms with Gasteiger partial charge in [-0.15, -0.1) is 6.58 Å². The van der Waals surface area contributed by atoms with Gasteiger partial charge in [0.05, 0.1) is 0 Å². The van der Waals surface area contributed by atoms with Crippen molar-refractivity contribution in [2.75, 3.05) is 23.4 Å². The lowest BCUT2D eigenvalue weighted by atomic mass is 10.0. The first-order valence-electron chi connectivity index (χ1n) is 12.5. The maximum absolute atomic E-state index is 12.6. The van der Waals surface area contributed by atoms with E-state index in [9.17, 15) is 9.90 Å². The molecule has 0 aliphatic heterocycles. The molecule has 7 nitrogen and oxygen atoms in total. The molecular weight excluding hydrogens is 438 g/mol. The van der Waals surface area contributed by atoms with Crippen LogP contribution in [0, 0.1) is 12.8 Å². The minimum atomic E-state index is -0.236. The SMILES string of the molecule is C=CCNC(=O)c1ccc(C)c(N(C(=C)Nc2cc(CCC(C)CO)ccn2)C(CC)CCC)n1. The summed E-state index contributed by atoms with van der Waals surface area (Å²) in [5.74, 6) is 2.10. The maximum Gasteiger partial charge on any atom is 0.270 e. The van der Waals surface area contributed by atoms with Crippen LogP contribution in [0.15, 0.2) is 55.5 Å². The molecule has 190 valence electrons. The molecule has 2 aromatic rings. The Hall–Kier alpha value is -3.19. The Morgan fingerprint density at radius 2 is 2.03 bits per heavy atom. The van der Waals surface area contributed by atoms with Crippen molar-refractivity contribution < 1.29 is 9.90 Å². The Morgan fingerprint density at radius 3 is 2.69 bits per heavy atom. The van der Waals surface area contributed by atoms with Gasteiger partial charge in [-0.2, -0.15) is 0 Å². The Bertz CT molecular complexity index is 991. The molecule has 0 saturated carbocycles. The summed E-state index contributed by atoms with van der Waals surface area (Å²) in [5, 5.41) is 15.5. The predicted octanol–water partition coefficient (Wildman–Crippen LogP) is 5.23.